The highest BCUT2D eigenvalue weighted by Gasteiger charge is 2.43. The van der Waals surface area contributed by atoms with Crippen LogP contribution >= 0.6 is 23.4 Å². The highest BCUT2D eigenvalue weighted by Crippen LogP contribution is 2.39. The van der Waals surface area contributed by atoms with E-state index in [1.165, 1.54) is 11.8 Å². The number of amides is 1. The summed E-state index contributed by atoms with van der Waals surface area (Å²) in [6.07, 6.45) is 0.689. The van der Waals surface area contributed by atoms with Crippen molar-refractivity contribution in [3.63, 3.8) is 0 Å². The minimum atomic E-state index is -0.480. The Kier molecular flexibility index (Phi) is 4.76. The van der Waals surface area contributed by atoms with Gasteiger partial charge in [0.05, 0.1) is 0 Å². The fourth-order valence-corrected chi connectivity index (χ4v) is 3.35. The molecule has 0 radical (unpaired) electrons. The Morgan fingerprint density at radius 1 is 1.35 bits per heavy atom. The van der Waals surface area contributed by atoms with Gasteiger partial charge < -0.3 is 5.32 Å². The number of alkyl halides is 1. The summed E-state index contributed by atoms with van der Waals surface area (Å²) in [6, 6.07) is 10.0. The smallest absolute Gasteiger partial charge is 0.264 e. The molecule has 1 amide bonds. The molecule has 108 valence electrons. The molecule has 1 N–H and O–H groups in total. The van der Waals surface area contributed by atoms with Crippen molar-refractivity contribution in [3.05, 3.63) is 35.9 Å². The molecule has 2 rings (SSSR count). The van der Waals surface area contributed by atoms with Crippen LogP contribution < -0.4 is 5.32 Å². The summed E-state index contributed by atoms with van der Waals surface area (Å²) in [5.41, 5.74) is 0.882. The molecule has 1 aliphatic heterocycles. The zero-order valence-electron chi connectivity index (χ0n) is 11.9. The van der Waals surface area contributed by atoms with Crippen molar-refractivity contribution >= 4 is 34.4 Å². The molecule has 0 bridgehead atoms. The molecule has 1 aromatic rings. The molecule has 3 nitrogen and oxygen atoms in total. The maximum atomic E-state index is 12.0. The summed E-state index contributed by atoms with van der Waals surface area (Å²) in [4.78, 5) is 16.1. The number of hydrogen-bond donors (Lipinski definition) is 1. The number of thioether (sulfide) groups is 1. The van der Waals surface area contributed by atoms with Crippen molar-refractivity contribution in [2.75, 3.05) is 0 Å². The standard InChI is InChI=1S/C15H19ClN2OS/c1-10(2)15(3)13(19)18-14(20-15)17-12(16)9-11-7-5-4-6-8-11/h4-8,10,12H,9H2,1-3H3,(H,17,18,19). The second-order valence-corrected chi connectivity index (χ2v) is 7.35. The van der Waals surface area contributed by atoms with Gasteiger partial charge in [0.25, 0.3) is 5.91 Å². The van der Waals surface area contributed by atoms with E-state index in [4.69, 9.17) is 11.6 Å². The van der Waals surface area contributed by atoms with Gasteiger partial charge in [-0.1, -0.05) is 67.5 Å². The van der Waals surface area contributed by atoms with Crippen LogP contribution in [-0.2, 0) is 11.2 Å². The van der Waals surface area contributed by atoms with Gasteiger partial charge in [-0.25, -0.2) is 0 Å². The van der Waals surface area contributed by atoms with Crippen LogP contribution in [0.4, 0.5) is 0 Å². The summed E-state index contributed by atoms with van der Waals surface area (Å²) >= 11 is 7.77. The predicted octanol–water partition coefficient (Wildman–Crippen LogP) is 3.43. The first-order valence-electron chi connectivity index (χ1n) is 6.68. The van der Waals surface area contributed by atoms with Crippen LogP contribution in [-0.4, -0.2) is 21.3 Å². The number of aliphatic imine (C=N–C) groups is 1. The molecule has 5 heteroatoms. The minimum absolute atomic E-state index is 0.0800. The Hall–Kier alpha value is -1.00. The molecule has 0 saturated heterocycles. The number of halogens is 1. The number of amidine groups is 1. The first kappa shape index (κ1) is 15.4. The van der Waals surface area contributed by atoms with Gasteiger partial charge in [0.15, 0.2) is 5.17 Å². The molecule has 2 unspecified atom stereocenters. The average molecular weight is 311 g/mol. The Balaban J connectivity index is 1.95. The quantitative estimate of drug-likeness (QED) is 0.684. The fourth-order valence-electron chi connectivity index (χ4n) is 1.90. The maximum Gasteiger partial charge on any atom is 0.264 e. The van der Waals surface area contributed by atoms with E-state index in [9.17, 15) is 4.79 Å². The second kappa shape index (κ2) is 6.19. The lowest BCUT2D eigenvalue weighted by Gasteiger charge is -2.24. The molecule has 2 atom stereocenters. The predicted molar refractivity (Wildman–Crippen MR) is 86.2 cm³/mol. The first-order valence-corrected chi connectivity index (χ1v) is 7.94. The van der Waals surface area contributed by atoms with Crippen LogP contribution in [0.2, 0.25) is 0 Å². The van der Waals surface area contributed by atoms with Crippen LogP contribution in [0.5, 0.6) is 0 Å². The maximum absolute atomic E-state index is 12.0. The van der Waals surface area contributed by atoms with Gasteiger partial charge in [0.2, 0.25) is 0 Å². The van der Waals surface area contributed by atoms with Crippen molar-refractivity contribution < 1.29 is 4.79 Å². The van der Waals surface area contributed by atoms with Crippen molar-refractivity contribution in [1.82, 2.24) is 5.32 Å². The monoisotopic (exact) mass is 310 g/mol. The third kappa shape index (κ3) is 3.36. The largest absolute Gasteiger partial charge is 0.348 e. The van der Waals surface area contributed by atoms with Crippen LogP contribution in [0.3, 0.4) is 0 Å². The van der Waals surface area contributed by atoms with E-state index in [-0.39, 0.29) is 17.3 Å². The van der Waals surface area contributed by atoms with Gasteiger partial charge in [-0.15, -0.1) is 0 Å². The van der Waals surface area contributed by atoms with Crippen molar-refractivity contribution in [3.8, 4) is 0 Å². The first-order chi connectivity index (χ1) is 9.41. The number of rotatable bonds is 4. The van der Waals surface area contributed by atoms with Gasteiger partial charge >= 0.3 is 0 Å². The van der Waals surface area contributed by atoms with E-state index < -0.39 is 4.75 Å². The SMILES string of the molecule is CC(C)C1(C)SC(NC(Cl)Cc2ccccc2)=NC1=O. The summed E-state index contributed by atoms with van der Waals surface area (Å²) in [5, 5.41) is 3.75. The van der Waals surface area contributed by atoms with Crippen LogP contribution in [0.25, 0.3) is 0 Å². The van der Waals surface area contributed by atoms with Crippen molar-refractivity contribution in [2.24, 2.45) is 10.9 Å². The van der Waals surface area contributed by atoms with Gasteiger partial charge in [0.1, 0.15) is 10.2 Å². The molecule has 1 heterocycles. The highest BCUT2D eigenvalue weighted by atomic mass is 35.5. The lowest BCUT2D eigenvalue weighted by Crippen LogP contribution is -2.35. The van der Waals surface area contributed by atoms with Crippen LogP contribution in [0.15, 0.2) is 35.3 Å². The Morgan fingerprint density at radius 3 is 2.55 bits per heavy atom. The van der Waals surface area contributed by atoms with E-state index in [0.717, 1.165) is 5.56 Å². The molecule has 0 aliphatic carbocycles. The van der Waals surface area contributed by atoms with Gasteiger partial charge in [-0.05, 0) is 18.4 Å². The second-order valence-electron chi connectivity index (χ2n) is 5.39. The van der Waals surface area contributed by atoms with Gasteiger partial charge in [0, 0.05) is 6.42 Å². The molecule has 20 heavy (non-hydrogen) atoms. The van der Waals surface area contributed by atoms with E-state index >= 15 is 0 Å². The van der Waals surface area contributed by atoms with Crippen molar-refractivity contribution in [1.29, 1.82) is 0 Å². The zero-order chi connectivity index (χ0) is 14.8. The normalized spacial score (nSPS) is 23.9. The number of hydrogen-bond acceptors (Lipinski definition) is 3. The summed E-state index contributed by atoms with van der Waals surface area (Å²) in [6.45, 7) is 6.00. The topological polar surface area (TPSA) is 41.5 Å². The molecular formula is C15H19ClN2OS. The Morgan fingerprint density at radius 2 is 2.00 bits per heavy atom. The van der Waals surface area contributed by atoms with Crippen LogP contribution in [0.1, 0.15) is 26.3 Å². The molecule has 0 saturated carbocycles. The summed E-state index contributed by atoms with van der Waals surface area (Å²) in [7, 11) is 0. The van der Waals surface area contributed by atoms with E-state index in [1.54, 1.807) is 0 Å². The van der Waals surface area contributed by atoms with E-state index in [1.807, 2.05) is 51.1 Å². The Labute approximate surface area is 129 Å². The summed E-state index contributed by atoms with van der Waals surface area (Å²) < 4.78 is -0.480. The van der Waals surface area contributed by atoms with E-state index in [0.29, 0.717) is 11.6 Å². The number of carbonyl (C=O) groups is 1. The molecule has 1 aliphatic rings. The summed E-state index contributed by atoms with van der Waals surface area (Å²) in [5.74, 6) is 0.148. The zero-order valence-corrected chi connectivity index (χ0v) is 13.5. The average Bonchev–Trinajstić information content (AvgIpc) is 2.66. The third-order valence-electron chi connectivity index (χ3n) is 3.58. The fraction of sp³-hybridized carbons (Fsp3) is 0.467. The third-order valence-corrected chi connectivity index (χ3v) is 5.31. The van der Waals surface area contributed by atoms with Crippen LogP contribution in [0, 0.1) is 5.92 Å². The molecule has 0 fully saturated rings. The number of benzene rings is 1. The lowest BCUT2D eigenvalue weighted by molar-refractivity contribution is -0.120. The number of carbonyl (C=O) groups excluding carboxylic acids is 1. The molecule has 1 aromatic carbocycles. The molecule has 0 spiro atoms. The molecule has 0 aromatic heterocycles. The minimum Gasteiger partial charge on any atom is -0.348 e. The number of nitrogens with zero attached hydrogens (tertiary/aromatic N) is 1. The van der Waals surface area contributed by atoms with E-state index in [2.05, 4.69) is 10.3 Å². The highest BCUT2D eigenvalue weighted by molar-refractivity contribution is 8.16. The van der Waals surface area contributed by atoms with Gasteiger partial charge in [-0.3, -0.25) is 4.79 Å². The van der Waals surface area contributed by atoms with Gasteiger partial charge in [-0.2, -0.15) is 4.99 Å². The Bertz CT molecular complexity index is 518. The van der Waals surface area contributed by atoms with Crippen molar-refractivity contribution in [2.45, 2.75) is 37.4 Å². The lowest BCUT2D eigenvalue weighted by atomic mass is 9.96. The molecular weight excluding hydrogens is 292 g/mol. The number of nitrogens with one attached hydrogen (secondary N) is 1.